The van der Waals surface area contributed by atoms with Crippen molar-refractivity contribution < 1.29 is 13.2 Å². The SMILES string of the molecule is NC(=S)Nc1ccc(S(=O)(=O)Nc2cnn(C3CCOCC3)c2)cc1. The summed E-state index contributed by atoms with van der Waals surface area (Å²) in [5.74, 6) is 0. The topological polar surface area (TPSA) is 111 Å². The third kappa shape index (κ3) is 4.47. The van der Waals surface area contributed by atoms with E-state index in [1.54, 1.807) is 23.0 Å². The highest BCUT2D eigenvalue weighted by atomic mass is 32.2. The molecule has 10 heteroatoms. The van der Waals surface area contributed by atoms with E-state index in [0.717, 1.165) is 12.8 Å². The van der Waals surface area contributed by atoms with Crippen molar-refractivity contribution in [3.05, 3.63) is 36.7 Å². The van der Waals surface area contributed by atoms with Gasteiger partial charge in [0.05, 0.1) is 22.8 Å². The van der Waals surface area contributed by atoms with Gasteiger partial charge >= 0.3 is 0 Å². The van der Waals surface area contributed by atoms with Gasteiger partial charge in [-0.1, -0.05) is 0 Å². The molecule has 1 aromatic heterocycles. The van der Waals surface area contributed by atoms with Crippen LogP contribution < -0.4 is 15.8 Å². The van der Waals surface area contributed by atoms with Crippen molar-refractivity contribution in [3.63, 3.8) is 0 Å². The van der Waals surface area contributed by atoms with E-state index in [1.165, 1.54) is 18.3 Å². The van der Waals surface area contributed by atoms with Gasteiger partial charge in [0, 0.05) is 25.1 Å². The molecule has 25 heavy (non-hydrogen) atoms. The average molecular weight is 381 g/mol. The summed E-state index contributed by atoms with van der Waals surface area (Å²) in [5, 5.41) is 7.12. The molecule has 0 unspecified atom stereocenters. The van der Waals surface area contributed by atoms with Crippen LogP contribution in [-0.4, -0.2) is 36.5 Å². The molecule has 1 aromatic carbocycles. The molecule has 8 nitrogen and oxygen atoms in total. The van der Waals surface area contributed by atoms with Gasteiger partial charge in [0.1, 0.15) is 0 Å². The molecule has 0 spiro atoms. The lowest BCUT2D eigenvalue weighted by Gasteiger charge is -2.22. The van der Waals surface area contributed by atoms with Crippen LogP contribution in [0.1, 0.15) is 18.9 Å². The maximum atomic E-state index is 12.5. The Kier molecular flexibility index (Phi) is 5.21. The molecule has 1 aliphatic rings. The number of hydrogen-bond donors (Lipinski definition) is 3. The molecule has 2 heterocycles. The van der Waals surface area contributed by atoms with Crippen molar-refractivity contribution in [3.8, 4) is 0 Å². The Hall–Kier alpha value is -2.17. The van der Waals surface area contributed by atoms with Gasteiger partial charge in [0.25, 0.3) is 10.0 Å². The fourth-order valence-corrected chi connectivity index (χ4v) is 3.76. The van der Waals surface area contributed by atoms with Gasteiger partial charge in [-0.3, -0.25) is 9.40 Å². The molecule has 0 radical (unpaired) electrons. The highest BCUT2D eigenvalue weighted by Crippen LogP contribution is 2.23. The third-order valence-electron chi connectivity index (χ3n) is 3.85. The molecular formula is C15H19N5O3S2. The van der Waals surface area contributed by atoms with E-state index >= 15 is 0 Å². The van der Waals surface area contributed by atoms with E-state index < -0.39 is 10.0 Å². The van der Waals surface area contributed by atoms with Gasteiger partial charge in [-0.05, 0) is 49.3 Å². The summed E-state index contributed by atoms with van der Waals surface area (Å²) < 4.78 is 34.6. The molecule has 4 N–H and O–H groups in total. The predicted octanol–water partition coefficient (Wildman–Crippen LogP) is 1.69. The third-order valence-corrected chi connectivity index (χ3v) is 5.35. The van der Waals surface area contributed by atoms with E-state index in [1.807, 2.05) is 0 Å². The maximum absolute atomic E-state index is 12.5. The number of nitrogens with one attached hydrogen (secondary N) is 2. The quantitative estimate of drug-likeness (QED) is 0.676. The van der Waals surface area contributed by atoms with Crippen molar-refractivity contribution in [1.82, 2.24) is 9.78 Å². The van der Waals surface area contributed by atoms with Crippen LogP contribution in [0, 0.1) is 0 Å². The summed E-state index contributed by atoms with van der Waals surface area (Å²) in [5.41, 5.74) is 6.44. The van der Waals surface area contributed by atoms with Crippen LogP contribution >= 0.6 is 12.2 Å². The Morgan fingerprint density at radius 3 is 2.56 bits per heavy atom. The Labute approximate surface area is 151 Å². The molecule has 1 saturated heterocycles. The first-order valence-electron chi connectivity index (χ1n) is 7.75. The van der Waals surface area contributed by atoms with Gasteiger partial charge in [0.2, 0.25) is 0 Å². The van der Waals surface area contributed by atoms with E-state index in [4.69, 9.17) is 22.7 Å². The summed E-state index contributed by atoms with van der Waals surface area (Å²) >= 11 is 4.75. The number of ether oxygens (including phenoxy) is 1. The molecule has 0 bridgehead atoms. The number of rotatable bonds is 5. The Morgan fingerprint density at radius 1 is 1.24 bits per heavy atom. The minimum absolute atomic E-state index is 0.120. The van der Waals surface area contributed by atoms with Crippen molar-refractivity contribution in [2.45, 2.75) is 23.8 Å². The molecule has 1 fully saturated rings. The summed E-state index contributed by atoms with van der Waals surface area (Å²) in [6.07, 6.45) is 4.95. The Bertz CT molecular complexity index is 842. The van der Waals surface area contributed by atoms with Crippen molar-refractivity contribution >= 4 is 38.7 Å². The van der Waals surface area contributed by atoms with E-state index in [9.17, 15) is 8.42 Å². The highest BCUT2D eigenvalue weighted by Gasteiger charge is 2.19. The zero-order valence-electron chi connectivity index (χ0n) is 13.4. The van der Waals surface area contributed by atoms with Crippen LogP contribution in [0.3, 0.4) is 0 Å². The summed E-state index contributed by atoms with van der Waals surface area (Å²) in [6.45, 7) is 1.39. The number of nitrogens with two attached hydrogens (primary N) is 1. The molecule has 0 aliphatic carbocycles. The fourth-order valence-electron chi connectivity index (χ4n) is 2.61. The van der Waals surface area contributed by atoms with Crippen LogP contribution in [0.4, 0.5) is 11.4 Å². The second-order valence-electron chi connectivity index (χ2n) is 5.67. The van der Waals surface area contributed by atoms with Gasteiger partial charge in [0.15, 0.2) is 5.11 Å². The zero-order chi connectivity index (χ0) is 17.9. The Morgan fingerprint density at radius 2 is 1.92 bits per heavy atom. The summed E-state index contributed by atoms with van der Waals surface area (Å²) in [7, 11) is -3.70. The molecule has 0 amide bonds. The largest absolute Gasteiger partial charge is 0.381 e. The molecule has 2 aromatic rings. The summed E-state index contributed by atoms with van der Waals surface area (Å²) in [6, 6.07) is 6.38. The Balaban J connectivity index is 1.70. The number of aromatic nitrogens is 2. The zero-order valence-corrected chi connectivity index (χ0v) is 15.0. The number of thiocarbonyl (C=S) groups is 1. The first-order chi connectivity index (χ1) is 11.9. The van der Waals surface area contributed by atoms with Crippen molar-refractivity contribution in [2.24, 2.45) is 5.73 Å². The minimum atomic E-state index is -3.70. The monoisotopic (exact) mass is 381 g/mol. The van der Waals surface area contributed by atoms with E-state index in [0.29, 0.717) is 24.6 Å². The van der Waals surface area contributed by atoms with E-state index in [2.05, 4.69) is 15.1 Å². The molecule has 3 rings (SSSR count). The number of anilines is 2. The lowest BCUT2D eigenvalue weighted by atomic mass is 10.1. The molecule has 1 aliphatic heterocycles. The standard InChI is InChI=1S/C15H19N5O3S2/c16-15(24)18-11-1-3-14(4-2-11)25(21,22)19-12-9-17-20(10-12)13-5-7-23-8-6-13/h1-4,9-10,13,19H,5-8H2,(H3,16,18,24). The highest BCUT2D eigenvalue weighted by molar-refractivity contribution is 7.92. The number of benzene rings is 1. The number of sulfonamides is 1. The first-order valence-corrected chi connectivity index (χ1v) is 9.64. The van der Waals surface area contributed by atoms with Crippen LogP contribution in [0.15, 0.2) is 41.6 Å². The summed E-state index contributed by atoms with van der Waals surface area (Å²) in [4.78, 5) is 0.139. The second-order valence-corrected chi connectivity index (χ2v) is 7.79. The fraction of sp³-hybridized carbons (Fsp3) is 0.333. The van der Waals surface area contributed by atoms with Crippen LogP contribution in [0.5, 0.6) is 0 Å². The molecular weight excluding hydrogens is 362 g/mol. The van der Waals surface area contributed by atoms with Crippen molar-refractivity contribution in [2.75, 3.05) is 23.3 Å². The van der Waals surface area contributed by atoms with Crippen LogP contribution in [-0.2, 0) is 14.8 Å². The first kappa shape index (κ1) is 17.6. The molecule has 0 atom stereocenters. The lowest BCUT2D eigenvalue weighted by Crippen LogP contribution is -2.20. The smallest absolute Gasteiger partial charge is 0.261 e. The average Bonchev–Trinajstić information content (AvgIpc) is 3.03. The van der Waals surface area contributed by atoms with E-state index in [-0.39, 0.29) is 16.0 Å². The predicted molar refractivity (Wildman–Crippen MR) is 99.0 cm³/mol. The van der Waals surface area contributed by atoms with Gasteiger partial charge in [-0.25, -0.2) is 8.42 Å². The molecule has 0 saturated carbocycles. The molecule has 134 valence electrons. The van der Waals surface area contributed by atoms with Gasteiger partial charge in [-0.2, -0.15) is 5.10 Å². The number of nitrogens with zero attached hydrogens (tertiary/aromatic N) is 2. The minimum Gasteiger partial charge on any atom is -0.381 e. The maximum Gasteiger partial charge on any atom is 0.261 e. The normalized spacial score (nSPS) is 15.7. The van der Waals surface area contributed by atoms with Gasteiger partial charge < -0.3 is 15.8 Å². The number of hydrogen-bond acceptors (Lipinski definition) is 5. The second kappa shape index (κ2) is 7.38. The van der Waals surface area contributed by atoms with Crippen LogP contribution in [0.2, 0.25) is 0 Å². The van der Waals surface area contributed by atoms with Crippen LogP contribution in [0.25, 0.3) is 0 Å². The van der Waals surface area contributed by atoms with Crippen molar-refractivity contribution in [1.29, 1.82) is 0 Å². The lowest BCUT2D eigenvalue weighted by molar-refractivity contribution is 0.0662. The van der Waals surface area contributed by atoms with Gasteiger partial charge in [-0.15, -0.1) is 0 Å².